The van der Waals surface area contributed by atoms with E-state index in [4.69, 9.17) is 5.73 Å². The summed E-state index contributed by atoms with van der Waals surface area (Å²) in [6, 6.07) is 2.88. The van der Waals surface area contributed by atoms with Crippen LogP contribution in [0.2, 0.25) is 0 Å². The second-order valence-electron chi connectivity index (χ2n) is 5.12. The summed E-state index contributed by atoms with van der Waals surface area (Å²) in [7, 11) is 1.78. The Kier molecular flexibility index (Phi) is 4.08. The van der Waals surface area contributed by atoms with E-state index in [1.165, 1.54) is 12.1 Å². The lowest BCUT2D eigenvalue weighted by Gasteiger charge is -2.33. The molecule has 0 saturated carbocycles. The van der Waals surface area contributed by atoms with Gasteiger partial charge in [-0.25, -0.2) is 4.39 Å². The molecule has 3 N–H and O–H groups in total. The molecule has 1 heterocycles. The highest BCUT2D eigenvalue weighted by molar-refractivity contribution is 5.59. The van der Waals surface area contributed by atoms with Crippen molar-refractivity contribution >= 4 is 11.4 Å². The maximum Gasteiger partial charge on any atom is 0.418 e. The number of piperidine rings is 1. The topological polar surface area (TPSA) is 41.3 Å². The van der Waals surface area contributed by atoms with Gasteiger partial charge in [0.2, 0.25) is 0 Å². The van der Waals surface area contributed by atoms with Crippen molar-refractivity contribution in [1.29, 1.82) is 0 Å². The number of nitrogens with zero attached hydrogens (tertiary/aromatic N) is 1. The minimum absolute atomic E-state index is 0.0306. The van der Waals surface area contributed by atoms with Gasteiger partial charge in [-0.15, -0.1) is 0 Å². The Hall–Kier alpha value is -1.50. The van der Waals surface area contributed by atoms with Crippen LogP contribution in [0.1, 0.15) is 12.0 Å². The van der Waals surface area contributed by atoms with Gasteiger partial charge in [0.25, 0.3) is 0 Å². The van der Waals surface area contributed by atoms with Gasteiger partial charge in [-0.3, -0.25) is 0 Å². The smallest absolute Gasteiger partial charge is 0.399 e. The highest BCUT2D eigenvalue weighted by Gasteiger charge is 2.35. The number of nitrogen functional groups attached to an aromatic ring is 1. The predicted octanol–water partition coefficient (Wildman–Crippen LogP) is 2.74. The summed E-state index contributed by atoms with van der Waals surface area (Å²) in [6.45, 7) is 0.863. The molecule has 7 heteroatoms. The molecule has 1 aliphatic rings. The average Bonchev–Trinajstić information content (AvgIpc) is 2.33. The molecule has 20 heavy (non-hydrogen) atoms. The molecule has 3 nitrogen and oxygen atoms in total. The Morgan fingerprint density at radius 2 is 2.05 bits per heavy atom. The van der Waals surface area contributed by atoms with Crippen molar-refractivity contribution in [2.24, 2.45) is 0 Å². The van der Waals surface area contributed by atoms with Crippen molar-refractivity contribution < 1.29 is 17.6 Å². The van der Waals surface area contributed by atoms with Gasteiger partial charge in [-0.1, -0.05) is 0 Å². The molecule has 0 amide bonds. The third-order valence-electron chi connectivity index (χ3n) is 3.43. The average molecular weight is 291 g/mol. The normalized spacial score (nSPS) is 24.6. The fourth-order valence-corrected chi connectivity index (χ4v) is 2.34. The summed E-state index contributed by atoms with van der Waals surface area (Å²) in [6.07, 6.45) is -5.26. The fraction of sp³-hybridized carbons (Fsp3) is 0.538. The molecule has 0 bridgehead atoms. The Labute approximate surface area is 114 Å². The molecule has 0 aromatic heterocycles. The van der Waals surface area contributed by atoms with Crippen LogP contribution in [0.5, 0.6) is 0 Å². The lowest BCUT2D eigenvalue weighted by atomic mass is 10.0. The number of benzene rings is 1. The summed E-state index contributed by atoms with van der Waals surface area (Å²) >= 11 is 0. The highest BCUT2D eigenvalue weighted by Crippen LogP contribution is 2.36. The second-order valence-corrected chi connectivity index (χ2v) is 5.12. The van der Waals surface area contributed by atoms with Crippen molar-refractivity contribution in [2.45, 2.75) is 24.8 Å². The van der Waals surface area contributed by atoms with E-state index in [0.717, 1.165) is 6.07 Å². The van der Waals surface area contributed by atoms with Gasteiger partial charge in [-0.05, 0) is 31.7 Å². The molecule has 0 aliphatic carbocycles. The first-order chi connectivity index (χ1) is 9.27. The molecule has 1 fully saturated rings. The van der Waals surface area contributed by atoms with Crippen LogP contribution in [-0.4, -0.2) is 37.3 Å². The van der Waals surface area contributed by atoms with E-state index in [-0.39, 0.29) is 17.9 Å². The Morgan fingerprint density at radius 1 is 1.35 bits per heavy atom. The maximum atomic E-state index is 13.9. The summed E-state index contributed by atoms with van der Waals surface area (Å²) < 4.78 is 52.7. The zero-order chi connectivity index (χ0) is 14.9. The highest BCUT2D eigenvalue weighted by atomic mass is 19.4. The Bertz CT molecular complexity index is 475. The minimum Gasteiger partial charge on any atom is -0.399 e. The SMILES string of the molecule is CN1CC[C@@H](Nc2ccc(N)cc2C(F)(F)F)[C@@H](F)C1. The van der Waals surface area contributed by atoms with Crippen LogP contribution >= 0.6 is 0 Å². The molecular formula is C13H17F4N3. The standard InChI is InChI=1S/C13H17F4N3/c1-20-5-4-12(10(14)7-20)19-11-3-2-8(18)6-9(11)13(15,16)17/h2-3,6,10,12,19H,4-5,7,18H2,1H3/t10-,12+/m0/s1. The molecule has 2 atom stereocenters. The minimum atomic E-state index is -4.52. The lowest BCUT2D eigenvalue weighted by molar-refractivity contribution is -0.137. The maximum absolute atomic E-state index is 13.9. The molecule has 1 aromatic rings. The Morgan fingerprint density at radius 3 is 2.65 bits per heavy atom. The quantitative estimate of drug-likeness (QED) is 0.650. The molecule has 1 saturated heterocycles. The molecule has 1 aliphatic heterocycles. The van der Waals surface area contributed by atoms with Gasteiger partial charge in [-0.2, -0.15) is 13.2 Å². The van der Waals surface area contributed by atoms with Crippen LogP contribution in [0.3, 0.4) is 0 Å². The number of halogens is 4. The first-order valence-corrected chi connectivity index (χ1v) is 6.33. The number of hydrogen-bond acceptors (Lipinski definition) is 3. The molecule has 112 valence electrons. The Balaban J connectivity index is 2.21. The fourth-order valence-electron chi connectivity index (χ4n) is 2.34. The number of nitrogens with one attached hydrogen (secondary N) is 1. The van der Waals surface area contributed by atoms with Crippen LogP contribution in [0.25, 0.3) is 0 Å². The molecule has 1 aromatic carbocycles. The molecule has 2 rings (SSSR count). The van der Waals surface area contributed by atoms with E-state index in [1.807, 2.05) is 4.90 Å². The van der Waals surface area contributed by atoms with Crippen molar-refractivity contribution in [3.8, 4) is 0 Å². The van der Waals surface area contributed by atoms with E-state index in [1.54, 1.807) is 7.05 Å². The van der Waals surface area contributed by atoms with E-state index in [9.17, 15) is 17.6 Å². The number of anilines is 2. The third kappa shape index (κ3) is 3.33. The van der Waals surface area contributed by atoms with Gasteiger partial charge >= 0.3 is 6.18 Å². The van der Waals surface area contributed by atoms with E-state index in [2.05, 4.69) is 5.32 Å². The van der Waals surface area contributed by atoms with Crippen LogP contribution in [0.4, 0.5) is 28.9 Å². The first-order valence-electron chi connectivity index (χ1n) is 6.33. The van der Waals surface area contributed by atoms with Gasteiger partial charge in [0.1, 0.15) is 6.17 Å². The summed E-state index contributed by atoms with van der Waals surface area (Å²) in [5, 5.41) is 2.68. The summed E-state index contributed by atoms with van der Waals surface area (Å²) in [4.78, 5) is 1.82. The van der Waals surface area contributed by atoms with Gasteiger partial charge in [0.05, 0.1) is 11.6 Å². The predicted molar refractivity (Wildman–Crippen MR) is 70.3 cm³/mol. The van der Waals surface area contributed by atoms with Crippen LogP contribution < -0.4 is 11.1 Å². The van der Waals surface area contributed by atoms with Crippen molar-refractivity contribution in [3.05, 3.63) is 23.8 Å². The van der Waals surface area contributed by atoms with Crippen molar-refractivity contribution in [1.82, 2.24) is 4.90 Å². The first kappa shape index (κ1) is 14.9. The van der Waals surface area contributed by atoms with Crippen LogP contribution in [0.15, 0.2) is 18.2 Å². The number of rotatable bonds is 2. The molecular weight excluding hydrogens is 274 g/mol. The van der Waals surface area contributed by atoms with Crippen molar-refractivity contribution in [2.75, 3.05) is 31.2 Å². The van der Waals surface area contributed by atoms with Crippen LogP contribution in [0, 0.1) is 0 Å². The monoisotopic (exact) mass is 291 g/mol. The van der Waals surface area contributed by atoms with E-state index >= 15 is 0 Å². The van der Waals surface area contributed by atoms with Gasteiger partial charge in [0, 0.05) is 24.5 Å². The lowest BCUT2D eigenvalue weighted by Crippen LogP contribution is -2.46. The molecule has 0 radical (unpaired) electrons. The van der Waals surface area contributed by atoms with E-state index < -0.39 is 24.0 Å². The van der Waals surface area contributed by atoms with E-state index in [0.29, 0.717) is 13.0 Å². The largest absolute Gasteiger partial charge is 0.418 e. The summed E-state index contributed by atoms with van der Waals surface area (Å²) in [5.74, 6) is 0. The zero-order valence-electron chi connectivity index (χ0n) is 11.0. The number of likely N-dealkylation sites (tertiary alicyclic amines) is 1. The third-order valence-corrected chi connectivity index (χ3v) is 3.43. The number of alkyl halides is 4. The van der Waals surface area contributed by atoms with Gasteiger partial charge in [0.15, 0.2) is 0 Å². The molecule has 0 unspecified atom stereocenters. The summed E-state index contributed by atoms with van der Waals surface area (Å²) in [5.41, 5.74) is 4.45. The van der Waals surface area contributed by atoms with Gasteiger partial charge < -0.3 is 16.0 Å². The zero-order valence-corrected chi connectivity index (χ0v) is 11.0. The number of hydrogen-bond donors (Lipinski definition) is 2. The van der Waals surface area contributed by atoms with Crippen LogP contribution in [-0.2, 0) is 6.18 Å². The number of nitrogens with two attached hydrogens (primary N) is 1. The second kappa shape index (κ2) is 5.47. The van der Waals surface area contributed by atoms with Crippen molar-refractivity contribution in [3.63, 3.8) is 0 Å². The molecule has 0 spiro atoms.